The molecule has 0 bridgehead atoms. The van der Waals surface area contributed by atoms with Crippen molar-refractivity contribution in [2.24, 2.45) is 5.92 Å². The predicted octanol–water partition coefficient (Wildman–Crippen LogP) is -0.108. The Kier molecular flexibility index (Phi) is 5.09. The van der Waals surface area contributed by atoms with E-state index >= 15 is 0 Å². The third kappa shape index (κ3) is 4.13. The second-order valence-corrected chi connectivity index (χ2v) is 5.00. The van der Waals surface area contributed by atoms with Gasteiger partial charge in [0.15, 0.2) is 0 Å². The van der Waals surface area contributed by atoms with Crippen molar-refractivity contribution in [1.29, 1.82) is 0 Å². The van der Waals surface area contributed by atoms with Crippen molar-refractivity contribution >= 4 is 25.3 Å². The van der Waals surface area contributed by atoms with Crippen molar-refractivity contribution in [1.82, 2.24) is 0 Å². The van der Waals surface area contributed by atoms with E-state index < -0.39 is 49.7 Å². The Labute approximate surface area is 98.4 Å². The Morgan fingerprint density at radius 3 is 1.83 bits per heavy atom. The molecule has 0 aliphatic heterocycles. The number of carbonyl (C=O) groups is 3. The molecular weight excluding hydrogens is 281 g/mol. The van der Waals surface area contributed by atoms with Crippen LogP contribution in [0.25, 0.3) is 0 Å². The topological polar surface area (TPSA) is 149 Å². The number of carboxylic acids is 2. The molecule has 4 N–H and O–H groups in total. The number of hydrogen-bond donors (Lipinski definition) is 4. The Bertz CT molecular complexity index is 414. The van der Waals surface area contributed by atoms with E-state index in [0.29, 0.717) is 0 Å². The molecule has 0 aliphatic rings. The lowest BCUT2D eigenvalue weighted by Gasteiger charge is -2.17. The highest BCUT2D eigenvalue weighted by Gasteiger charge is 2.55. The molecule has 0 saturated carbocycles. The van der Waals surface area contributed by atoms with E-state index in [2.05, 4.69) is 0 Å². The minimum atomic E-state index is -6.07. The van der Waals surface area contributed by atoms with Gasteiger partial charge in [-0.15, -0.1) is 0 Å². The molecular formula is C7H9F2O8P. The number of alkyl halides is 2. The maximum absolute atomic E-state index is 12.8. The van der Waals surface area contributed by atoms with Gasteiger partial charge in [-0.1, -0.05) is 0 Å². The van der Waals surface area contributed by atoms with Gasteiger partial charge in [-0.2, -0.15) is 8.78 Å². The van der Waals surface area contributed by atoms with Crippen LogP contribution < -0.4 is 0 Å². The molecule has 1 unspecified atom stereocenters. The number of halogens is 2. The fourth-order valence-electron chi connectivity index (χ4n) is 0.967. The quantitative estimate of drug-likeness (QED) is 0.474. The number of rotatable bonds is 7. The average Bonchev–Trinajstić information content (AvgIpc) is 2.13. The smallest absolute Gasteiger partial charge is 0.402 e. The number of aliphatic carboxylic acids is 2. The monoisotopic (exact) mass is 290 g/mol. The van der Waals surface area contributed by atoms with Crippen molar-refractivity contribution in [2.45, 2.75) is 18.5 Å². The second kappa shape index (κ2) is 5.51. The number of hydrogen-bond acceptors (Lipinski definition) is 4. The molecule has 0 aromatic heterocycles. The molecule has 0 aromatic rings. The summed E-state index contributed by atoms with van der Waals surface area (Å²) < 4.78 is 36.0. The minimum Gasteiger partial charge on any atom is -0.481 e. The lowest BCUT2D eigenvalue weighted by Crippen LogP contribution is -2.32. The highest BCUT2D eigenvalue weighted by atomic mass is 31.2. The molecule has 18 heavy (non-hydrogen) atoms. The summed E-state index contributed by atoms with van der Waals surface area (Å²) in [6.45, 7) is 0. The minimum absolute atomic E-state index is 1.11. The molecule has 0 rings (SSSR count). The first-order chi connectivity index (χ1) is 7.89. The van der Waals surface area contributed by atoms with Crippen LogP contribution in [0.4, 0.5) is 8.78 Å². The fraction of sp³-hybridized carbons (Fsp3) is 0.571. The van der Waals surface area contributed by atoms with Crippen molar-refractivity contribution in [3.05, 3.63) is 0 Å². The molecule has 0 spiro atoms. The lowest BCUT2D eigenvalue weighted by molar-refractivity contribution is -0.151. The zero-order chi connectivity index (χ0) is 14.7. The maximum Gasteiger partial charge on any atom is 0.402 e. The van der Waals surface area contributed by atoms with Gasteiger partial charge in [-0.25, -0.2) is 0 Å². The number of Topliss-reactive ketones (excluding diaryl/α,β-unsaturated/α-hetero) is 1. The number of carbonyl (C=O) groups excluding carboxylic acids is 1. The van der Waals surface area contributed by atoms with Crippen LogP contribution in [0.3, 0.4) is 0 Å². The average molecular weight is 290 g/mol. The molecule has 1 atom stereocenters. The van der Waals surface area contributed by atoms with Crippen molar-refractivity contribution in [3.8, 4) is 0 Å². The predicted molar refractivity (Wildman–Crippen MR) is 50.0 cm³/mol. The van der Waals surface area contributed by atoms with Crippen LogP contribution in [0.1, 0.15) is 12.8 Å². The standard InChI is InChI=1S/C7H9F2O8P/c8-7(9,18(15,16)17)4(10)1-3(6(13)14)2-5(11)12/h3H,1-2H2,(H,11,12)(H,13,14)(H2,15,16,17). The van der Waals surface area contributed by atoms with Crippen LogP contribution in [0.15, 0.2) is 0 Å². The summed E-state index contributed by atoms with van der Waals surface area (Å²) in [5.74, 6) is -7.76. The normalized spacial score (nSPS) is 14.0. The first-order valence-electron chi connectivity index (χ1n) is 4.31. The summed E-state index contributed by atoms with van der Waals surface area (Å²) in [6.07, 6.45) is -2.60. The van der Waals surface area contributed by atoms with Crippen LogP contribution >= 0.6 is 7.60 Å². The Morgan fingerprint density at radius 1 is 1.11 bits per heavy atom. The maximum atomic E-state index is 12.8. The van der Waals surface area contributed by atoms with E-state index in [1.807, 2.05) is 0 Å². The van der Waals surface area contributed by atoms with Gasteiger partial charge >= 0.3 is 25.2 Å². The number of ketones is 1. The van der Waals surface area contributed by atoms with Crippen LogP contribution in [0.5, 0.6) is 0 Å². The Hall–Kier alpha value is -1.38. The molecule has 0 radical (unpaired) electrons. The Morgan fingerprint density at radius 2 is 1.56 bits per heavy atom. The molecule has 8 nitrogen and oxygen atoms in total. The zero-order valence-electron chi connectivity index (χ0n) is 8.62. The van der Waals surface area contributed by atoms with Gasteiger partial charge < -0.3 is 20.0 Å². The Balaban J connectivity index is 4.97. The third-order valence-corrected chi connectivity index (χ3v) is 2.88. The van der Waals surface area contributed by atoms with E-state index in [9.17, 15) is 27.7 Å². The summed E-state index contributed by atoms with van der Waals surface area (Å²) in [5, 5.41) is 16.8. The molecule has 0 aliphatic carbocycles. The van der Waals surface area contributed by atoms with Crippen molar-refractivity contribution < 1.29 is 47.7 Å². The highest BCUT2D eigenvalue weighted by molar-refractivity contribution is 7.54. The van der Waals surface area contributed by atoms with Gasteiger partial charge in [-0.3, -0.25) is 18.9 Å². The van der Waals surface area contributed by atoms with E-state index in [4.69, 9.17) is 20.0 Å². The summed E-state index contributed by atoms with van der Waals surface area (Å²) >= 11 is 0. The molecule has 0 heterocycles. The summed E-state index contributed by atoms with van der Waals surface area (Å²) in [6, 6.07) is 0. The van der Waals surface area contributed by atoms with E-state index in [-0.39, 0.29) is 0 Å². The van der Waals surface area contributed by atoms with E-state index in [1.54, 1.807) is 0 Å². The van der Waals surface area contributed by atoms with E-state index in [1.165, 1.54) is 0 Å². The van der Waals surface area contributed by atoms with Crippen LogP contribution in [-0.4, -0.2) is 43.4 Å². The van der Waals surface area contributed by atoms with Crippen LogP contribution in [-0.2, 0) is 18.9 Å². The van der Waals surface area contributed by atoms with Gasteiger partial charge in [0.2, 0.25) is 5.78 Å². The molecule has 0 saturated heterocycles. The SMILES string of the molecule is O=C(O)CC(CC(=O)C(F)(F)P(=O)(O)O)C(=O)O. The summed E-state index contributed by atoms with van der Waals surface area (Å²) in [4.78, 5) is 48.1. The third-order valence-electron chi connectivity index (χ3n) is 1.90. The summed E-state index contributed by atoms with van der Waals surface area (Å²) in [5.41, 5.74) is -5.03. The fourth-order valence-corrected chi connectivity index (χ4v) is 1.38. The van der Waals surface area contributed by atoms with Crippen molar-refractivity contribution in [3.63, 3.8) is 0 Å². The van der Waals surface area contributed by atoms with E-state index in [0.717, 1.165) is 0 Å². The first kappa shape index (κ1) is 16.6. The molecule has 0 amide bonds. The number of carboxylic acid groups (broad SMARTS) is 2. The molecule has 104 valence electrons. The molecule has 11 heteroatoms. The van der Waals surface area contributed by atoms with Gasteiger partial charge in [0.05, 0.1) is 12.3 Å². The van der Waals surface area contributed by atoms with Gasteiger partial charge in [-0.05, 0) is 0 Å². The summed E-state index contributed by atoms with van der Waals surface area (Å²) in [7, 11) is -6.07. The lowest BCUT2D eigenvalue weighted by atomic mass is 9.99. The largest absolute Gasteiger partial charge is 0.481 e. The zero-order valence-corrected chi connectivity index (χ0v) is 9.51. The van der Waals surface area contributed by atoms with Gasteiger partial charge in [0.1, 0.15) is 0 Å². The van der Waals surface area contributed by atoms with Gasteiger partial charge in [0, 0.05) is 6.42 Å². The highest BCUT2D eigenvalue weighted by Crippen LogP contribution is 2.53. The van der Waals surface area contributed by atoms with Crippen LogP contribution in [0, 0.1) is 5.92 Å². The first-order valence-corrected chi connectivity index (χ1v) is 5.92. The second-order valence-electron chi connectivity index (χ2n) is 3.35. The molecule has 0 fully saturated rings. The van der Waals surface area contributed by atoms with Gasteiger partial charge in [0.25, 0.3) is 0 Å². The van der Waals surface area contributed by atoms with Crippen LogP contribution in [0.2, 0.25) is 0 Å². The van der Waals surface area contributed by atoms with Crippen molar-refractivity contribution in [2.75, 3.05) is 0 Å². The molecule has 0 aromatic carbocycles.